The Morgan fingerprint density at radius 2 is 1.78 bits per heavy atom. The summed E-state index contributed by atoms with van der Waals surface area (Å²) < 4.78 is 28.1. The molecule has 0 spiro atoms. The lowest BCUT2D eigenvalue weighted by molar-refractivity contribution is -0.157. The van der Waals surface area contributed by atoms with Crippen LogP contribution >= 0.6 is 0 Å². The number of hydrogen-bond donors (Lipinski definition) is 1. The van der Waals surface area contributed by atoms with E-state index in [-0.39, 0.29) is 31.8 Å². The molecule has 3 heterocycles. The maximum absolute atomic E-state index is 13.5. The molecule has 5 rings (SSSR count). The van der Waals surface area contributed by atoms with Crippen molar-refractivity contribution in [2.24, 2.45) is 0 Å². The van der Waals surface area contributed by atoms with Gasteiger partial charge in [0.05, 0.1) is 26.4 Å². The van der Waals surface area contributed by atoms with Gasteiger partial charge in [0.1, 0.15) is 0 Å². The largest absolute Gasteiger partial charge is 0.459 e. The molecule has 0 saturated carbocycles. The molecule has 1 amide bonds. The number of fused-ring (bicyclic) bond motifs is 1. The van der Waals surface area contributed by atoms with Crippen LogP contribution in [0.15, 0.2) is 60.4 Å². The molecule has 0 unspecified atom stereocenters. The van der Waals surface area contributed by atoms with Crippen LogP contribution in [0.3, 0.4) is 0 Å². The van der Waals surface area contributed by atoms with Crippen LogP contribution in [0.2, 0.25) is 0 Å². The molecule has 1 saturated heterocycles. The molecule has 2 atom stereocenters. The van der Waals surface area contributed by atoms with E-state index in [1.54, 1.807) is 0 Å². The van der Waals surface area contributed by atoms with Crippen molar-refractivity contribution in [3.8, 4) is 11.5 Å². The maximum Gasteiger partial charge on any atom is 0.288 e. The van der Waals surface area contributed by atoms with Crippen molar-refractivity contribution < 1.29 is 33.6 Å². The van der Waals surface area contributed by atoms with E-state index in [1.807, 2.05) is 41.3 Å². The van der Waals surface area contributed by atoms with Gasteiger partial charge in [-0.25, -0.2) is 0 Å². The third-order valence-corrected chi connectivity index (χ3v) is 6.77. The number of nitrogens with zero attached hydrogens (tertiary/aromatic N) is 2. The highest BCUT2D eigenvalue weighted by atomic mass is 16.7. The summed E-state index contributed by atoms with van der Waals surface area (Å²) in [7, 11) is 0. The second-order valence-electron chi connectivity index (χ2n) is 9.29. The number of ether oxygens (including phenoxy) is 5. The zero-order valence-electron chi connectivity index (χ0n) is 20.9. The van der Waals surface area contributed by atoms with E-state index in [9.17, 15) is 4.79 Å². The van der Waals surface area contributed by atoms with E-state index in [0.29, 0.717) is 38.5 Å². The van der Waals surface area contributed by atoms with E-state index >= 15 is 0 Å². The summed E-state index contributed by atoms with van der Waals surface area (Å²) in [6.45, 7) is 4.79. The quantitative estimate of drug-likeness (QED) is 0.488. The van der Waals surface area contributed by atoms with Crippen molar-refractivity contribution in [1.82, 2.24) is 9.80 Å². The van der Waals surface area contributed by atoms with Gasteiger partial charge in [-0.2, -0.15) is 0 Å². The molecular weight excluding hydrogens is 476 g/mol. The zero-order chi connectivity index (χ0) is 25.5. The summed E-state index contributed by atoms with van der Waals surface area (Å²) >= 11 is 0. The van der Waals surface area contributed by atoms with Gasteiger partial charge < -0.3 is 33.7 Å². The monoisotopic (exact) mass is 510 g/mol. The Morgan fingerprint density at radius 1 is 0.973 bits per heavy atom. The molecule has 0 bridgehead atoms. The van der Waals surface area contributed by atoms with Gasteiger partial charge in [0, 0.05) is 45.1 Å². The minimum Gasteiger partial charge on any atom is -0.459 e. The highest BCUT2D eigenvalue weighted by Crippen LogP contribution is 2.34. The number of carbonyl (C=O) groups is 1. The van der Waals surface area contributed by atoms with Crippen molar-refractivity contribution in [3.63, 3.8) is 0 Å². The molecule has 2 aromatic rings. The van der Waals surface area contributed by atoms with Gasteiger partial charge >= 0.3 is 0 Å². The van der Waals surface area contributed by atoms with Crippen LogP contribution in [-0.2, 0) is 25.5 Å². The molecule has 9 heteroatoms. The summed E-state index contributed by atoms with van der Waals surface area (Å²) in [6, 6.07) is 16.1. The smallest absolute Gasteiger partial charge is 0.288 e. The molecule has 9 nitrogen and oxygen atoms in total. The fourth-order valence-corrected chi connectivity index (χ4v) is 4.81. The van der Waals surface area contributed by atoms with E-state index in [1.165, 1.54) is 0 Å². The lowest BCUT2D eigenvalue weighted by atomic mass is 9.93. The standard InChI is InChI=1S/C28H34N2O7/c31-12-13-33-14-15-34-27-18-23(22-4-2-1-3-5-22)17-26(37-27)28(32)30-10-8-29(9-11-30)19-21-6-7-24-25(16-21)36-20-35-24/h1-7,16-17,23,27,31H,8-15,18-20H2/t23-,27+/m1/s1. The summed E-state index contributed by atoms with van der Waals surface area (Å²) in [5.41, 5.74) is 2.28. The van der Waals surface area contributed by atoms with Crippen molar-refractivity contribution in [3.05, 3.63) is 71.5 Å². The Kier molecular flexibility index (Phi) is 8.57. The maximum atomic E-state index is 13.5. The zero-order valence-corrected chi connectivity index (χ0v) is 20.9. The first-order valence-corrected chi connectivity index (χ1v) is 12.8. The summed E-state index contributed by atoms with van der Waals surface area (Å²) in [5.74, 6) is 1.83. The minimum absolute atomic E-state index is 0.0181. The first-order chi connectivity index (χ1) is 18.2. The lowest BCUT2D eigenvalue weighted by Gasteiger charge is -2.36. The second kappa shape index (κ2) is 12.4. The van der Waals surface area contributed by atoms with Crippen LogP contribution in [0.25, 0.3) is 0 Å². The molecule has 37 heavy (non-hydrogen) atoms. The molecule has 2 aromatic carbocycles. The van der Waals surface area contributed by atoms with E-state index in [2.05, 4.69) is 23.1 Å². The van der Waals surface area contributed by atoms with Crippen molar-refractivity contribution in [2.75, 3.05) is 59.4 Å². The average molecular weight is 511 g/mol. The fourth-order valence-electron chi connectivity index (χ4n) is 4.81. The molecule has 3 aliphatic rings. The van der Waals surface area contributed by atoms with Gasteiger partial charge in [-0.3, -0.25) is 9.69 Å². The lowest BCUT2D eigenvalue weighted by Crippen LogP contribution is -2.49. The predicted octanol–water partition coefficient (Wildman–Crippen LogP) is 2.50. The number of allylic oxidation sites excluding steroid dienone is 1. The molecule has 198 valence electrons. The van der Waals surface area contributed by atoms with Crippen molar-refractivity contribution in [2.45, 2.75) is 25.2 Å². The van der Waals surface area contributed by atoms with Gasteiger partial charge in [0.2, 0.25) is 13.1 Å². The number of piperazine rings is 1. The Morgan fingerprint density at radius 3 is 2.59 bits per heavy atom. The van der Waals surface area contributed by atoms with Crippen LogP contribution in [0.4, 0.5) is 0 Å². The third kappa shape index (κ3) is 6.61. The van der Waals surface area contributed by atoms with E-state index in [4.69, 9.17) is 28.8 Å². The Balaban J connectivity index is 1.18. The molecular formula is C28H34N2O7. The van der Waals surface area contributed by atoms with Crippen LogP contribution in [0.1, 0.15) is 23.5 Å². The molecule has 1 fully saturated rings. The number of aliphatic hydroxyl groups is 1. The van der Waals surface area contributed by atoms with Gasteiger partial charge in [0.15, 0.2) is 17.3 Å². The third-order valence-electron chi connectivity index (χ3n) is 6.77. The van der Waals surface area contributed by atoms with Gasteiger partial charge in [-0.15, -0.1) is 0 Å². The highest BCUT2D eigenvalue weighted by Gasteiger charge is 2.32. The number of aliphatic hydroxyl groups excluding tert-OH is 1. The minimum atomic E-state index is -0.542. The van der Waals surface area contributed by atoms with Crippen LogP contribution in [0, 0.1) is 0 Å². The second-order valence-corrected chi connectivity index (χ2v) is 9.29. The molecule has 1 N–H and O–H groups in total. The van der Waals surface area contributed by atoms with Crippen LogP contribution in [0.5, 0.6) is 11.5 Å². The summed E-state index contributed by atoms with van der Waals surface area (Å²) in [4.78, 5) is 17.7. The Hall–Kier alpha value is -3.11. The van der Waals surface area contributed by atoms with Gasteiger partial charge in [-0.05, 0) is 29.3 Å². The molecule has 3 aliphatic heterocycles. The van der Waals surface area contributed by atoms with Crippen molar-refractivity contribution >= 4 is 5.91 Å². The van der Waals surface area contributed by atoms with Gasteiger partial charge in [-0.1, -0.05) is 36.4 Å². The Bertz CT molecular complexity index is 1070. The highest BCUT2D eigenvalue weighted by molar-refractivity contribution is 5.92. The Labute approximate surface area is 217 Å². The fraction of sp³-hybridized carbons (Fsp3) is 0.464. The summed E-state index contributed by atoms with van der Waals surface area (Å²) in [5, 5.41) is 8.87. The number of carbonyl (C=O) groups excluding carboxylic acids is 1. The average Bonchev–Trinajstić information content (AvgIpc) is 3.41. The first kappa shape index (κ1) is 25.5. The van der Waals surface area contributed by atoms with Crippen LogP contribution in [-0.4, -0.2) is 86.5 Å². The normalized spacial score (nSPS) is 21.4. The molecule has 0 radical (unpaired) electrons. The van der Waals surface area contributed by atoms with E-state index < -0.39 is 6.29 Å². The molecule has 0 aromatic heterocycles. The summed E-state index contributed by atoms with van der Waals surface area (Å²) in [6.07, 6.45) is 2.00. The number of amides is 1. The number of rotatable bonds is 10. The topological polar surface area (TPSA) is 89.9 Å². The molecule has 0 aliphatic carbocycles. The van der Waals surface area contributed by atoms with Crippen molar-refractivity contribution in [1.29, 1.82) is 0 Å². The van der Waals surface area contributed by atoms with Gasteiger partial charge in [0.25, 0.3) is 5.91 Å². The SMILES string of the molecule is O=C(C1=C[C@@H](c2ccccc2)C[C@@H](OCCOCCO)O1)N1CCN(Cc2ccc3c(c2)OCO3)CC1. The first-order valence-electron chi connectivity index (χ1n) is 12.8. The number of hydrogen-bond acceptors (Lipinski definition) is 8. The number of benzene rings is 2. The van der Waals surface area contributed by atoms with Crippen LogP contribution < -0.4 is 9.47 Å². The van der Waals surface area contributed by atoms with E-state index in [0.717, 1.165) is 42.3 Å². The predicted molar refractivity (Wildman–Crippen MR) is 135 cm³/mol.